The highest BCUT2D eigenvalue weighted by atomic mass is 16.3. The van der Waals surface area contributed by atoms with Crippen molar-refractivity contribution < 1.29 is 9.90 Å². The zero-order chi connectivity index (χ0) is 14.5. The van der Waals surface area contributed by atoms with Gasteiger partial charge in [0.25, 0.3) is 0 Å². The second-order valence-electron chi connectivity index (χ2n) is 4.76. The standard InChI is InChI=1S/C16H18N2O2/c1-11-3-2-4-14(16(11)20)18-15(19)10-7-12-5-8-13(17)9-6-12/h2-6,8-9,20H,7,10,17H2,1H3,(H,18,19). The fourth-order valence-electron chi connectivity index (χ4n) is 1.91. The second kappa shape index (κ2) is 6.10. The first-order chi connectivity index (χ1) is 9.56. The largest absolute Gasteiger partial charge is 0.505 e. The summed E-state index contributed by atoms with van der Waals surface area (Å²) in [6.07, 6.45) is 0.996. The third-order valence-corrected chi connectivity index (χ3v) is 3.13. The highest BCUT2D eigenvalue weighted by Crippen LogP contribution is 2.26. The number of phenols is 1. The number of amides is 1. The molecule has 0 spiro atoms. The Hall–Kier alpha value is -2.49. The van der Waals surface area contributed by atoms with Gasteiger partial charge in [0.1, 0.15) is 5.75 Å². The van der Waals surface area contributed by atoms with Crippen molar-refractivity contribution in [2.75, 3.05) is 11.1 Å². The Kier molecular flexibility index (Phi) is 4.25. The van der Waals surface area contributed by atoms with Gasteiger partial charge in [-0.05, 0) is 42.7 Å². The van der Waals surface area contributed by atoms with Crippen LogP contribution in [0.25, 0.3) is 0 Å². The second-order valence-corrected chi connectivity index (χ2v) is 4.76. The number of carbonyl (C=O) groups excluding carboxylic acids is 1. The minimum absolute atomic E-state index is 0.119. The molecular formula is C16H18N2O2. The van der Waals surface area contributed by atoms with Gasteiger partial charge in [0.2, 0.25) is 5.91 Å². The Labute approximate surface area is 118 Å². The summed E-state index contributed by atoms with van der Waals surface area (Å²) in [5.74, 6) is -0.00365. The first kappa shape index (κ1) is 13.9. The zero-order valence-electron chi connectivity index (χ0n) is 11.4. The lowest BCUT2D eigenvalue weighted by molar-refractivity contribution is -0.116. The van der Waals surface area contributed by atoms with Crippen LogP contribution in [0.4, 0.5) is 11.4 Å². The SMILES string of the molecule is Cc1cccc(NC(=O)CCc2ccc(N)cc2)c1O. The van der Waals surface area contributed by atoms with Crippen molar-refractivity contribution in [2.45, 2.75) is 19.8 Å². The molecule has 0 bridgehead atoms. The van der Waals surface area contributed by atoms with E-state index in [1.807, 2.05) is 24.3 Å². The summed E-state index contributed by atoms with van der Waals surface area (Å²) in [7, 11) is 0. The molecule has 20 heavy (non-hydrogen) atoms. The smallest absolute Gasteiger partial charge is 0.224 e. The first-order valence-electron chi connectivity index (χ1n) is 6.49. The lowest BCUT2D eigenvalue weighted by Gasteiger charge is -2.09. The van der Waals surface area contributed by atoms with Crippen LogP contribution in [0.5, 0.6) is 5.75 Å². The number of hydrogen-bond acceptors (Lipinski definition) is 3. The number of nitrogens with two attached hydrogens (primary N) is 1. The number of para-hydroxylation sites is 1. The molecule has 2 rings (SSSR count). The third-order valence-electron chi connectivity index (χ3n) is 3.13. The number of anilines is 2. The Morgan fingerprint density at radius 3 is 2.60 bits per heavy atom. The molecule has 4 heteroatoms. The van der Waals surface area contributed by atoms with Crippen LogP contribution >= 0.6 is 0 Å². The summed E-state index contributed by atoms with van der Waals surface area (Å²) in [6, 6.07) is 12.7. The average molecular weight is 270 g/mol. The van der Waals surface area contributed by atoms with E-state index in [0.29, 0.717) is 24.2 Å². The zero-order valence-corrected chi connectivity index (χ0v) is 11.4. The maximum Gasteiger partial charge on any atom is 0.224 e. The van der Waals surface area contributed by atoms with Crippen molar-refractivity contribution in [3.63, 3.8) is 0 Å². The molecule has 0 saturated carbocycles. The summed E-state index contributed by atoms with van der Waals surface area (Å²) in [4.78, 5) is 11.9. The molecular weight excluding hydrogens is 252 g/mol. The fraction of sp³-hybridized carbons (Fsp3) is 0.188. The quantitative estimate of drug-likeness (QED) is 0.590. The van der Waals surface area contributed by atoms with Crippen LogP contribution in [0.15, 0.2) is 42.5 Å². The maximum absolute atomic E-state index is 11.9. The van der Waals surface area contributed by atoms with Crippen LogP contribution in [0, 0.1) is 6.92 Å². The monoisotopic (exact) mass is 270 g/mol. The lowest BCUT2D eigenvalue weighted by atomic mass is 10.1. The Morgan fingerprint density at radius 2 is 1.90 bits per heavy atom. The van der Waals surface area contributed by atoms with Gasteiger partial charge in [0.15, 0.2) is 0 Å². The molecule has 4 nitrogen and oxygen atoms in total. The maximum atomic E-state index is 11.9. The normalized spacial score (nSPS) is 10.2. The minimum atomic E-state index is -0.122. The summed E-state index contributed by atoms with van der Waals surface area (Å²) in [5.41, 5.74) is 8.57. The molecule has 0 fully saturated rings. The van der Waals surface area contributed by atoms with Gasteiger partial charge in [-0.1, -0.05) is 24.3 Å². The summed E-state index contributed by atoms with van der Waals surface area (Å²) in [5, 5.41) is 12.6. The number of nitrogen functional groups attached to an aromatic ring is 1. The summed E-state index contributed by atoms with van der Waals surface area (Å²) >= 11 is 0. The summed E-state index contributed by atoms with van der Waals surface area (Å²) in [6.45, 7) is 1.79. The molecule has 0 aliphatic carbocycles. The lowest BCUT2D eigenvalue weighted by Crippen LogP contribution is -2.12. The molecule has 0 saturated heterocycles. The minimum Gasteiger partial charge on any atom is -0.505 e. The number of benzene rings is 2. The van der Waals surface area contributed by atoms with Gasteiger partial charge in [-0.15, -0.1) is 0 Å². The molecule has 0 unspecified atom stereocenters. The van der Waals surface area contributed by atoms with E-state index in [0.717, 1.165) is 11.1 Å². The molecule has 2 aromatic carbocycles. The van der Waals surface area contributed by atoms with Gasteiger partial charge in [0, 0.05) is 12.1 Å². The number of aryl methyl sites for hydroxylation is 2. The molecule has 1 amide bonds. The van der Waals surface area contributed by atoms with E-state index in [1.54, 1.807) is 25.1 Å². The van der Waals surface area contributed by atoms with Gasteiger partial charge in [-0.2, -0.15) is 0 Å². The molecule has 0 aliphatic rings. The van der Waals surface area contributed by atoms with Crippen molar-refractivity contribution in [2.24, 2.45) is 0 Å². The number of aromatic hydroxyl groups is 1. The third kappa shape index (κ3) is 3.51. The van der Waals surface area contributed by atoms with E-state index in [1.165, 1.54) is 0 Å². The van der Waals surface area contributed by atoms with Crippen molar-refractivity contribution in [3.05, 3.63) is 53.6 Å². The molecule has 0 aromatic heterocycles. The van der Waals surface area contributed by atoms with Crippen molar-refractivity contribution in [3.8, 4) is 5.75 Å². The van der Waals surface area contributed by atoms with Gasteiger partial charge in [0.05, 0.1) is 5.69 Å². The van der Waals surface area contributed by atoms with Crippen molar-refractivity contribution >= 4 is 17.3 Å². The topological polar surface area (TPSA) is 75.4 Å². The number of hydrogen-bond donors (Lipinski definition) is 3. The van der Waals surface area contributed by atoms with Gasteiger partial charge < -0.3 is 16.2 Å². The highest BCUT2D eigenvalue weighted by molar-refractivity contribution is 5.92. The van der Waals surface area contributed by atoms with E-state index >= 15 is 0 Å². The van der Waals surface area contributed by atoms with Gasteiger partial charge >= 0.3 is 0 Å². The van der Waals surface area contributed by atoms with Crippen LogP contribution in [0.2, 0.25) is 0 Å². The van der Waals surface area contributed by atoms with E-state index in [9.17, 15) is 9.90 Å². The number of nitrogens with one attached hydrogen (secondary N) is 1. The van der Waals surface area contributed by atoms with E-state index < -0.39 is 0 Å². The molecule has 104 valence electrons. The Balaban J connectivity index is 1.92. The van der Waals surface area contributed by atoms with Crippen LogP contribution in [-0.2, 0) is 11.2 Å². The molecule has 2 aromatic rings. The molecule has 0 atom stereocenters. The van der Waals surface area contributed by atoms with Crippen LogP contribution in [0.3, 0.4) is 0 Å². The Bertz CT molecular complexity index is 606. The van der Waals surface area contributed by atoms with Crippen molar-refractivity contribution in [1.82, 2.24) is 0 Å². The predicted molar refractivity (Wildman–Crippen MR) is 80.6 cm³/mol. The van der Waals surface area contributed by atoms with Gasteiger partial charge in [-0.3, -0.25) is 4.79 Å². The molecule has 4 N–H and O–H groups in total. The highest BCUT2D eigenvalue weighted by Gasteiger charge is 2.08. The number of rotatable bonds is 4. The predicted octanol–water partition coefficient (Wildman–Crippen LogP) is 2.85. The van der Waals surface area contributed by atoms with Crippen molar-refractivity contribution in [1.29, 1.82) is 0 Å². The molecule has 0 heterocycles. The molecule has 0 radical (unpaired) electrons. The van der Waals surface area contributed by atoms with Gasteiger partial charge in [-0.25, -0.2) is 0 Å². The van der Waals surface area contributed by atoms with Crippen LogP contribution < -0.4 is 11.1 Å². The van der Waals surface area contributed by atoms with Crippen LogP contribution in [0.1, 0.15) is 17.5 Å². The summed E-state index contributed by atoms with van der Waals surface area (Å²) < 4.78 is 0. The molecule has 0 aliphatic heterocycles. The van der Waals surface area contributed by atoms with E-state index in [4.69, 9.17) is 5.73 Å². The Morgan fingerprint density at radius 1 is 1.20 bits per heavy atom. The average Bonchev–Trinajstić information content (AvgIpc) is 2.43. The van der Waals surface area contributed by atoms with E-state index in [-0.39, 0.29) is 11.7 Å². The first-order valence-corrected chi connectivity index (χ1v) is 6.49. The van der Waals surface area contributed by atoms with Crippen LogP contribution in [-0.4, -0.2) is 11.0 Å². The number of phenolic OH excluding ortho intramolecular Hbond substituents is 1. The van der Waals surface area contributed by atoms with E-state index in [2.05, 4.69) is 5.32 Å². The number of carbonyl (C=O) groups is 1. The fourth-order valence-corrected chi connectivity index (χ4v) is 1.91.